The summed E-state index contributed by atoms with van der Waals surface area (Å²) in [4.78, 5) is 29.5. The van der Waals surface area contributed by atoms with E-state index in [0.29, 0.717) is 36.7 Å². The number of piperazine rings is 1. The van der Waals surface area contributed by atoms with Crippen molar-refractivity contribution in [1.82, 2.24) is 19.9 Å². The van der Waals surface area contributed by atoms with Crippen LogP contribution in [-0.4, -0.2) is 51.9 Å². The lowest BCUT2D eigenvalue weighted by molar-refractivity contribution is 0.0740. The van der Waals surface area contributed by atoms with Crippen LogP contribution in [0.4, 0.5) is 16.0 Å². The van der Waals surface area contributed by atoms with Crippen LogP contribution in [0, 0.1) is 5.82 Å². The van der Waals surface area contributed by atoms with E-state index in [-0.39, 0.29) is 11.7 Å². The Morgan fingerprint density at radius 2 is 1.76 bits per heavy atom. The second kappa shape index (κ2) is 8.64. The van der Waals surface area contributed by atoms with Crippen molar-refractivity contribution in [1.29, 1.82) is 0 Å². The van der Waals surface area contributed by atoms with E-state index in [1.807, 2.05) is 18.2 Å². The molecule has 1 aliphatic heterocycles. The number of hydrogen-bond donors (Lipinski definition) is 1. The first-order chi connectivity index (χ1) is 14.2. The zero-order chi connectivity index (χ0) is 20.1. The molecule has 1 aliphatic rings. The highest BCUT2D eigenvalue weighted by atomic mass is 19.1. The van der Waals surface area contributed by atoms with E-state index in [0.717, 1.165) is 18.9 Å². The van der Waals surface area contributed by atoms with E-state index in [4.69, 9.17) is 0 Å². The molecule has 3 heterocycles. The molecule has 0 bridgehead atoms. The Hall–Kier alpha value is -3.55. The van der Waals surface area contributed by atoms with Gasteiger partial charge in [-0.3, -0.25) is 4.79 Å². The first kappa shape index (κ1) is 18.8. The van der Waals surface area contributed by atoms with Gasteiger partial charge in [0.15, 0.2) is 0 Å². The van der Waals surface area contributed by atoms with Crippen LogP contribution in [0.25, 0.3) is 0 Å². The average Bonchev–Trinajstić information content (AvgIpc) is 2.79. The molecule has 3 aromatic rings. The van der Waals surface area contributed by atoms with Gasteiger partial charge in [0.2, 0.25) is 0 Å². The maximum atomic E-state index is 13.7. The summed E-state index contributed by atoms with van der Waals surface area (Å²) in [6.07, 6.45) is 4.72. The van der Waals surface area contributed by atoms with Crippen LogP contribution < -0.4 is 10.2 Å². The van der Waals surface area contributed by atoms with E-state index in [1.165, 1.54) is 18.5 Å². The Labute approximate surface area is 168 Å². The molecular weight excluding hydrogens is 371 g/mol. The van der Waals surface area contributed by atoms with Gasteiger partial charge < -0.3 is 15.1 Å². The lowest BCUT2D eigenvalue weighted by Gasteiger charge is -2.35. The molecule has 1 fully saturated rings. The zero-order valence-electron chi connectivity index (χ0n) is 15.8. The van der Waals surface area contributed by atoms with Crippen LogP contribution in [0.1, 0.15) is 16.1 Å². The first-order valence-electron chi connectivity index (χ1n) is 9.45. The van der Waals surface area contributed by atoms with Crippen LogP contribution in [0.3, 0.4) is 0 Å². The van der Waals surface area contributed by atoms with Gasteiger partial charge in [-0.05, 0) is 18.2 Å². The summed E-state index contributed by atoms with van der Waals surface area (Å²) in [6, 6.07) is 12.4. The van der Waals surface area contributed by atoms with E-state index < -0.39 is 0 Å². The zero-order valence-corrected chi connectivity index (χ0v) is 15.8. The number of carbonyl (C=O) groups is 1. The number of carbonyl (C=O) groups excluding carboxylic acids is 1. The number of nitrogens with zero attached hydrogens (tertiary/aromatic N) is 5. The van der Waals surface area contributed by atoms with Gasteiger partial charge in [0.25, 0.3) is 5.91 Å². The Kier molecular flexibility index (Phi) is 5.60. The Morgan fingerprint density at radius 3 is 2.45 bits per heavy atom. The summed E-state index contributed by atoms with van der Waals surface area (Å²) in [5.41, 5.74) is 0.841. The molecule has 0 aliphatic carbocycles. The fraction of sp³-hybridized carbons (Fsp3) is 0.238. The Balaban J connectivity index is 1.32. The number of nitrogens with one attached hydrogen (secondary N) is 1. The highest BCUT2D eigenvalue weighted by Crippen LogP contribution is 2.14. The number of halogens is 1. The summed E-state index contributed by atoms with van der Waals surface area (Å²) >= 11 is 0. The topological polar surface area (TPSA) is 74.2 Å². The predicted octanol–water partition coefficient (Wildman–Crippen LogP) is 2.59. The summed E-state index contributed by atoms with van der Waals surface area (Å²) in [5, 5.41) is 3.02. The maximum absolute atomic E-state index is 13.7. The number of aromatic nitrogens is 3. The molecule has 1 amide bonds. The minimum Gasteiger partial charge on any atom is -0.365 e. The molecule has 7 nitrogen and oxygen atoms in total. The third kappa shape index (κ3) is 4.48. The van der Waals surface area contributed by atoms with E-state index in [9.17, 15) is 9.18 Å². The molecule has 8 heteroatoms. The number of hydrogen-bond acceptors (Lipinski definition) is 6. The minimum atomic E-state index is -0.274. The molecule has 0 saturated carbocycles. The van der Waals surface area contributed by atoms with Crippen molar-refractivity contribution >= 4 is 17.5 Å². The van der Waals surface area contributed by atoms with Crippen molar-refractivity contribution in [3.05, 3.63) is 78.1 Å². The van der Waals surface area contributed by atoms with E-state index >= 15 is 0 Å². The van der Waals surface area contributed by atoms with Crippen molar-refractivity contribution in [3.63, 3.8) is 0 Å². The van der Waals surface area contributed by atoms with Gasteiger partial charge in [-0.2, -0.15) is 0 Å². The van der Waals surface area contributed by atoms with E-state index in [2.05, 4.69) is 25.2 Å². The number of pyridine rings is 1. The number of benzene rings is 1. The SMILES string of the molecule is O=C(c1cnc(NCc2ccccc2F)cn1)N1CCN(c2ccccn2)CC1. The molecule has 0 atom stereocenters. The predicted molar refractivity (Wildman–Crippen MR) is 108 cm³/mol. The summed E-state index contributed by atoms with van der Waals surface area (Å²) in [5.74, 6) is 0.998. The molecule has 1 aromatic carbocycles. The largest absolute Gasteiger partial charge is 0.365 e. The van der Waals surface area contributed by atoms with Crippen molar-refractivity contribution in [2.75, 3.05) is 36.4 Å². The maximum Gasteiger partial charge on any atom is 0.274 e. The van der Waals surface area contributed by atoms with Gasteiger partial charge in [-0.25, -0.2) is 19.3 Å². The summed E-state index contributed by atoms with van der Waals surface area (Å²) < 4.78 is 13.7. The third-order valence-corrected chi connectivity index (χ3v) is 4.83. The van der Waals surface area contributed by atoms with Crippen molar-refractivity contribution in [2.45, 2.75) is 6.54 Å². The average molecular weight is 392 g/mol. The van der Waals surface area contributed by atoms with Crippen molar-refractivity contribution in [3.8, 4) is 0 Å². The summed E-state index contributed by atoms with van der Waals surface area (Å²) in [7, 11) is 0. The van der Waals surface area contributed by atoms with Crippen LogP contribution in [0.15, 0.2) is 61.1 Å². The fourth-order valence-electron chi connectivity index (χ4n) is 3.20. The summed E-state index contributed by atoms with van der Waals surface area (Å²) in [6.45, 7) is 2.94. The minimum absolute atomic E-state index is 0.140. The van der Waals surface area contributed by atoms with Crippen molar-refractivity contribution < 1.29 is 9.18 Å². The lowest BCUT2D eigenvalue weighted by Crippen LogP contribution is -2.49. The quantitative estimate of drug-likeness (QED) is 0.720. The Bertz CT molecular complexity index is 958. The molecule has 1 N–H and O–H groups in total. The monoisotopic (exact) mass is 392 g/mol. The van der Waals surface area contributed by atoms with Gasteiger partial charge in [-0.1, -0.05) is 24.3 Å². The van der Waals surface area contributed by atoms with Gasteiger partial charge >= 0.3 is 0 Å². The molecule has 1 saturated heterocycles. The van der Waals surface area contributed by atoms with Crippen LogP contribution >= 0.6 is 0 Å². The molecule has 2 aromatic heterocycles. The second-order valence-electron chi connectivity index (χ2n) is 6.70. The molecule has 0 radical (unpaired) electrons. The second-order valence-corrected chi connectivity index (χ2v) is 6.70. The first-order valence-corrected chi connectivity index (χ1v) is 9.45. The molecule has 148 valence electrons. The van der Waals surface area contributed by atoms with Crippen molar-refractivity contribution in [2.24, 2.45) is 0 Å². The highest BCUT2D eigenvalue weighted by Gasteiger charge is 2.23. The number of anilines is 2. The van der Waals surface area contributed by atoms with Crippen LogP contribution in [-0.2, 0) is 6.54 Å². The molecule has 29 heavy (non-hydrogen) atoms. The molecule has 0 unspecified atom stereocenters. The molecule has 0 spiro atoms. The van der Waals surface area contributed by atoms with Gasteiger partial charge in [0.05, 0.1) is 12.4 Å². The fourth-order valence-corrected chi connectivity index (χ4v) is 3.20. The standard InChI is InChI=1S/C21H21FN6O/c22-17-6-2-1-5-16(17)13-25-19-15-24-18(14-26-19)21(29)28-11-9-27(10-12-28)20-7-3-4-8-23-20/h1-8,14-15H,9-13H2,(H,25,26). The third-order valence-electron chi connectivity index (χ3n) is 4.83. The smallest absolute Gasteiger partial charge is 0.274 e. The number of rotatable bonds is 5. The Morgan fingerprint density at radius 1 is 0.966 bits per heavy atom. The number of amides is 1. The molecular formula is C21H21FN6O. The van der Waals surface area contributed by atoms with E-state index in [1.54, 1.807) is 29.3 Å². The van der Waals surface area contributed by atoms with Gasteiger partial charge in [-0.15, -0.1) is 0 Å². The van der Waals surface area contributed by atoms with Gasteiger partial charge in [0, 0.05) is 44.5 Å². The van der Waals surface area contributed by atoms with Gasteiger partial charge in [0.1, 0.15) is 23.1 Å². The highest BCUT2D eigenvalue weighted by molar-refractivity contribution is 5.92. The normalized spacial score (nSPS) is 14.0. The van der Waals surface area contributed by atoms with Crippen LogP contribution in [0.2, 0.25) is 0 Å². The van der Waals surface area contributed by atoms with Crippen LogP contribution in [0.5, 0.6) is 0 Å². The molecule has 4 rings (SSSR count). The lowest BCUT2D eigenvalue weighted by atomic mass is 10.2.